The Hall–Kier alpha value is -1.34. The molecule has 0 saturated carbocycles. The first-order valence-corrected chi connectivity index (χ1v) is 5.26. The fourth-order valence-electron chi connectivity index (χ4n) is 1.92. The van der Waals surface area contributed by atoms with E-state index in [-0.39, 0.29) is 13.2 Å². The van der Waals surface area contributed by atoms with E-state index in [0.29, 0.717) is 0 Å². The molecular weight excluding hydrogens is 253 g/mol. The van der Waals surface area contributed by atoms with E-state index in [0.717, 1.165) is 0 Å². The minimum absolute atomic E-state index is 0.0922. The molecule has 0 radical (unpaired) electrons. The number of halogens is 3. The summed E-state index contributed by atoms with van der Waals surface area (Å²) in [5.74, 6) is -1.00. The molecule has 0 amide bonds. The van der Waals surface area contributed by atoms with Crippen molar-refractivity contribution in [2.45, 2.75) is 18.4 Å². The quantitative estimate of drug-likeness (QED) is 0.437. The van der Waals surface area contributed by atoms with Gasteiger partial charge in [0.2, 0.25) is 0 Å². The van der Waals surface area contributed by atoms with E-state index < -0.39 is 35.5 Å². The lowest BCUT2D eigenvalue weighted by atomic mass is 9.96. The minimum atomic E-state index is -4.60. The van der Waals surface area contributed by atoms with Crippen LogP contribution in [-0.4, -0.2) is 44.7 Å². The summed E-state index contributed by atoms with van der Waals surface area (Å²) in [6.45, 7) is 0.0379. The van der Waals surface area contributed by atoms with E-state index in [1.54, 1.807) is 0 Å². The summed E-state index contributed by atoms with van der Waals surface area (Å²) >= 11 is 0. The number of esters is 1. The average Bonchev–Trinajstić information content (AvgIpc) is 2.87. The third-order valence-electron chi connectivity index (χ3n) is 2.66. The van der Waals surface area contributed by atoms with E-state index in [2.05, 4.69) is 4.74 Å². The highest BCUT2D eigenvalue weighted by Crippen LogP contribution is 2.43. The van der Waals surface area contributed by atoms with Gasteiger partial charge in [0.25, 0.3) is 0 Å². The molecule has 0 aromatic rings. The standard InChI is InChI=1S/C11H11F3O4/c1-16-4-5-17-10(15)8-6-2-3-7(18-6)9(8)11(12,13)14/h2-3,6-7H,4-5H2,1H3. The third kappa shape index (κ3) is 2.28. The molecule has 0 aromatic carbocycles. The first-order valence-electron chi connectivity index (χ1n) is 5.26. The molecule has 0 N–H and O–H groups in total. The lowest BCUT2D eigenvalue weighted by Gasteiger charge is -2.15. The second-order valence-corrected chi connectivity index (χ2v) is 3.82. The number of hydrogen-bond donors (Lipinski definition) is 0. The first-order chi connectivity index (χ1) is 8.45. The van der Waals surface area contributed by atoms with Crippen LogP contribution in [0.4, 0.5) is 13.2 Å². The van der Waals surface area contributed by atoms with Crippen LogP contribution in [0.3, 0.4) is 0 Å². The second-order valence-electron chi connectivity index (χ2n) is 3.82. The van der Waals surface area contributed by atoms with Crippen LogP contribution in [0.1, 0.15) is 0 Å². The predicted molar refractivity (Wildman–Crippen MR) is 53.7 cm³/mol. The highest BCUT2D eigenvalue weighted by molar-refractivity contribution is 5.93. The van der Waals surface area contributed by atoms with Gasteiger partial charge in [-0.3, -0.25) is 0 Å². The SMILES string of the molecule is COCCOC(=O)C1=C(C(F)(F)F)C2C=CC1O2. The maximum atomic E-state index is 12.8. The number of carbonyl (C=O) groups excluding carboxylic acids is 1. The van der Waals surface area contributed by atoms with E-state index in [1.165, 1.54) is 19.3 Å². The fourth-order valence-corrected chi connectivity index (χ4v) is 1.92. The number of methoxy groups -OCH3 is 1. The van der Waals surface area contributed by atoms with Crippen LogP contribution in [0.5, 0.6) is 0 Å². The van der Waals surface area contributed by atoms with Crippen LogP contribution in [0.2, 0.25) is 0 Å². The number of alkyl halides is 3. The molecule has 18 heavy (non-hydrogen) atoms. The van der Waals surface area contributed by atoms with Gasteiger partial charge in [-0.2, -0.15) is 13.2 Å². The van der Waals surface area contributed by atoms with E-state index in [9.17, 15) is 18.0 Å². The predicted octanol–water partition coefficient (Wildman–Crippen LogP) is 1.37. The Morgan fingerprint density at radius 3 is 2.61 bits per heavy atom. The van der Waals surface area contributed by atoms with E-state index >= 15 is 0 Å². The zero-order valence-electron chi connectivity index (χ0n) is 9.49. The zero-order valence-corrected chi connectivity index (χ0v) is 9.49. The van der Waals surface area contributed by atoms with Gasteiger partial charge in [-0.05, 0) is 0 Å². The molecule has 2 rings (SSSR count). The molecule has 2 aliphatic rings. The Balaban J connectivity index is 2.17. The smallest absolute Gasteiger partial charge is 0.416 e. The normalized spacial score (nSPS) is 26.0. The molecule has 7 heteroatoms. The summed E-state index contributed by atoms with van der Waals surface area (Å²) in [5, 5.41) is 0. The summed E-state index contributed by atoms with van der Waals surface area (Å²) in [6, 6.07) is 0. The number of fused-ring (bicyclic) bond motifs is 2. The summed E-state index contributed by atoms with van der Waals surface area (Å²) in [6.07, 6.45) is -4.03. The van der Waals surface area contributed by atoms with Crippen molar-refractivity contribution < 1.29 is 32.2 Å². The van der Waals surface area contributed by atoms with Crippen molar-refractivity contribution in [3.8, 4) is 0 Å². The number of rotatable bonds is 4. The molecule has 2 atom stereocenters. The van der Waals surface area contributed by atoms with Crippen molar-refractivity contribution in [1.82, 2.24) is 0 Å². The number of carbonyl (C=O) groups is 1. The Kier molecular flexibility index (Phi) is 3.45. The van der Waals surface area contributed by atoms with Crippen molar-refractivity contribution in [2.75, 3.05) is 20.3 Å². The Morgan fingerprint density at radius 2 is 2.00 bits per heavy atom. The van der Waals surface area contributed by atoms with Gasteiger partial charge in [-0.15, -0.1) is 0 Å². The van der Waals surface area contributed by atoms with Gasteiger partial charge in [0.1, 0.15) is 18.8 Å². The van der Waals surface area contributed by atoms with Crippen LogP contribution in [0.15, 0.2) is 23.3 Å². The summed E-state index contributed by atoms with van der Waals surface area (Å²) in [7, 11) is 1.40. The molecule has 0 spiro atoms. The molecule has 0 saturated heterocycles. The molecule has 100 valence electrons. The van der Waals surface area contributed by atoms with Crippen LogP contribution in [0, 0.1) is 0 Å². The minimum Gasteiger partial charge on any atom is -0.460 e. The largest absolute Gasteiger partial charge is 0.460 e. The van der Waals surface area contributed by atoms with Crippen LogP contribution >= 0.6 is 0 Å². The maximum absolute atomic E-state index is 12.8. The summed E-state index contributed by atoms with van der Waals surface area (Å²) in [4.78, 5) is 11.6. The monoisotopic (exact) mass is 264 g/mol. The van der Waals surface area contributed by atoms with Gasteiger partial charge in [0.15, 0.2) is 0 Å². The molecule has 2 aliphatic heterocycles. The molecule has 0 fully saturated rings. The topological polar surface area (TPSA) is 44.8 Å². The van der Waals surface area contributed by atoms with Crippen LogP contribution in [0.25, 0.3) is 0 Å². The van der Waals surface area contributed by atoms with Gasteiger partial charge in [-0.25, -0.2) is 4.79 Å². The highest BCUT2D eigenvalue weighted by Gasteiger charge is 2.51. The molecule has 2 unspecified atom stereocenters. The van der Waals surface area contributed by atoms with E-state index in [4.69, 9.17) is 9.47 Å². The van der Waals surface area contributed by atoms with Gasteiger partial charge in [0, 0.05) is 7.11 Å². The average molecular weight is 264 g/mol. The van der Waals surface area contributed by atoms with Crippen molar-refractivity contribution in [1.29, 1.82) is 0 Å². The molecule has 0 aromatic heterocycles. The van der Waals surface area contributed by atoms with Crippen LogP contribution in [-0.2, 0) is 19.0 Å². The Labute approximate surface area is 101 Å². The van der Waals surface area contributed by atoms with Crippen molar-refractivity contribution in [3.63, 3.8) is 0 Å². The van der Waals surface area contributed by atoms with Gasteiger partial charge < -0.3 is 14.2 Å². The van der Waals surface area contributed by atoms with Crippen molar-refractivity contribution in [3.05, 3.63) is 23.3 Å². The second kappa shape index (κ2) is 4.74. The lowest BCUT2D eigenvalue weighted by Crippen LogP contribution is -2.25. The number of ether oxygens (including phenoxy) is 3. The zero-order chi connectivity index (χ0) is 13.3. The van der Waals surface area contributed by atoms with Gasteiger partial charge >= 0.3 is 12.1 Å². The summed E-state index contributed by atoms with van der Waals surface area (Å²) < 4.78 is 52.8. The van der Waals surface area contributed by atoms with Gasteiger partial charge in [-0.1, -0.05) is 12.2 Å². The highest BCUT2D eigenvalue weighted by atomic mass is 19.4. The molecule has 0 aliphatic carbocycles. The van der Waals surface area contributed by atoms with E-state index in [1.807, 2.05) is 0 Å². The molecular formula is C11H11F3O4. The summed E-state index contributed by atoms with van der Waals surface area (Å²) in [5.41, 5.74) is -1.41. The lowest BCUT2D eigenvalue weighted by molar-refractivity contribution is -0.141. The van der Waals surface area contributed by atoms with Crippen LogP contribution < -0.4 is 0 Å². The Bertz CT molecular complexity index is 411. The van der Waals surface area contributed by atoms with Crippen molar-refractivity contribution in [2.24, 2.45) is 0 Å². The maximum Gasteiger partial charge on any atom is 0.416 e. The molecule has 2 heterocycles. The fraction of sp³-hybridized carbons (Fsp3) is 0.545. The van der Waals surface area contributed by atoms with Gasteiger partial charge in [0.05, 0.1) is 17.8 Å². The Morgan fingerprint density at radius 1 is 1.33 bits per heavy atom. The third-order valence-corrected chi connectivity index (χ3v) is 2.66. The first kappa shape index (κ1) is 13.1. The molecule has 4 nitrogen and oxygen atoms in total. The van der Waals surface area contributed by atoms with Crippen molar-refractivity contribution >= 4 is 5.97 Å². The molecule has 2 bridgehead atoms. The number of hydrogen-bond acceptors (Lipinski definition) is 4.